The molecule has 0 spiro atoms. The van der Waals surface area contributed by atoms with Gasteiger partial charge in [0.1, 0.15) is 0 Å². The van der Waals surface area contributed by atoms with E-state index in [9.17, 15) is 4.79 Å². The molecule has 4 heteroatoms. The Hall–Kier alpha value is -2.10. The van der Waals surface area contributed by atoms with E-state index < -0.39 is 5.41 Å². The van der Waals surface area contributed by atoms with Crippen LogP contribution in [0, 0.1) is 12.3 Å². The number of carbonyl (C=O) groups is 1. The summed E-state index contributed by atoms with van der Waals surface area (Å²) in [7, 11) is 0. The number of aryl methyl sites for hydroxylation is 1. The van der Waals surface area contributed by atoms with Gasteiger partial charge >= 0.3 is 5.97 Å². The van der Waals surface area contributed by atoms with E-state index in [2.05, 4.69) is 44.2 Å². The van der Waals surface area contributed by atoms with Crippen molar-refractivity contribution >= 4 is 23.6 Å². The quantitative estimate of drug-likeness (QED) is 0.403. The van der Waals surface area contributed by atoms with Crippen LogP contribution in [0.3, 0.4) is 0 Å². The zero-order valence-electron chi connectivity index (χ0n) is 21.5. The van der Waals surface area contributed by atoms with Gasteiger partial charge in [0.05, 0.1) is 24.2 Å². The standard InChI is InChI=1S/C17H15Cl.C13H24O3/c1-11-7-14-9-12(2)17(10-15(14)8-11)13-3-5-16(18)6-4-13;1-5-15-12(14)13(4)9-7-6-8-11(13)16-10(2)3/h3-6,8-10H,7H2,1-2H3;10-11H,5-9H2,1-4H3. The average Bonchev–Trinajstić information content (AvgIpc) is 3.14. The van der Waals surface area contributed by atoms with Gasteiger partial charge in [0.25, 0.3) is 0 Å². The zero-order valence-corrected chi connectivity index (χ0v) is 22.3. The molecule has 3 nitrogen and oxygen atoms in total. The molecular formula is C30H39ClO3. The van der Waals surface area contributed by atoms with Crippen LogP contribution in [-0.2, 0) is 20.7 Å². The van der Waals surface area contributed by atoms with E-state index in [1.54, 1.807) is 0 Å². The van der Waals surface area contributed by atoms with Crippen LogP contribution < -0.4 is 0 Å². The van der Waals surface area contributed by atoms with Gasteiger partial charge in [-0.25, -0.2) is 0 Å². The summed E-state index contributed by atoms with van der Waals surface area (Å²) >= 11 is 5.94. The first kappa shape index (κ1) is 26.5. The van der Waals surface area contributed by atoms with Crippen LogP contribution in [0.15, 0.2) is 42.0 Å². The van der Waals surface area contributed by atoms with Gasteiger partial charge in [0.2, 0.25) is 0 Å². The molecule has 2 aliphatic carbocycles. The predicted molar refractivity (Wildman–Crippen MR) is 142 cm³/mol. The molecule has 0 aliphatic heterocycles. The van der Waals surface area contributed by atoms with E-state index in [4.69, 9.17) is 21.1 Å². The van der Waals surface area contributed by atoms with Gasteiger partial charge < -0.3 is 9.47 Å². The first-order valence-corrected chi connectivity index (χ1v) is 12.9. The van der Waals surface area contributed by atoms with E-state index in [0.29, 0.717) is 6.61 Å². The second kappa shape index (κ2) is 11.6. The summed E-state index contributed by atoms with van der Waals surface area (Å²) in [5, 5.41) is 0.785. The van der Waals surface area contributed by atoms with Gasteiger partial charge in [-0.15, -0.1) is 0 Å². The summed E-state index contributed by atoms with van der Waals surface area (Å²) in [5.41, 5.74) is 7.68. The van der Waals surface area contributed by atoms with Crippen molar-refractivity contribution in [2.75, 3.05) is 6.61 Å². The Morgan fingerprint density at radius 3 is 2.50 bits per heavy atom. The number of fused-ring (bicyclic) bond motifs is 1. The lowest BCUT2D eigenvalue weighted by Gasteiger charge is -2.39. The van der Waals surface area contributed by atoms with Crippen molar-refractivity contribution in [1.29, 1.82) is 0 Å². The molecule has 0 radical (unpaired) electrons. The van der Waals surface area contributed by atoms with Crippen molar-refractivity contribution in [2.24, 2.45) is 5.41 Å². The maximum atomic E-state index is 12.0. The number of hydrogen-bond acceptors (Lipinski definition) is 3. The van der Waals surface area contributed by atoms with Crippen molar-refractivity contribution in [3.8, 4) is 11.1 Å². The highest BCUT2D eigenvalue weighted by molar-refractivity contribution is 6.30. The van der Waals surface area contributed by atoms with Crippen molar-refractivity contribution in [2.45, 2.75) is 85.9 Å². The average molecular weight is 483 g/mol. The van der Waals surface area contributed by atoms with Crippen LogP contribution in [0.5, 0.6) is 0 Å². The fraction of sp³-hybridized carbons (Fsp3) is 0.500. The maximum Gasteiger partial charge on any atom is 0.314 e. The molecule has 4 rings (SSSR count). The molecule has 0 saturated heterocycles. The van der Waals surface area contributed by atoms with Crippen LogP contribution in [0.25, 0.3) is 17.2 Å². The predicted octanol–water partition coefficient (Wildman–Crippen LogP) is 8.20. The Bertz CT molecular complexity index is 1020. The van der Waals surface area contributed by atoms with Gasteiger partial charge in [-0.2, -0.15) is 0 Å². The molecule has 2 aromatic carbocycles. The third-order valence-corrected chi connectivity index (χ3v) is 7.07. The van der Waals surface area contributed by atoms with Crippen molar-refractivity contribution < 1.29 is 14.3 Å². The van der Waals surface area contributed by atoms with E-state index in [0.717, 1.165) is 37.1 Å². The Kier molecular flexibility index (Phi) is 9.01. The Morgan fingerprint density at radius 1 is 1.15 bits per heavy atom. The lowest BCUT2D eigenvalue weighted by atomic mass is 9.73. The van der Waals surface area contributed by atoms with Gasteiger partial charge in [-0.3, -0.25) is 4.79 Å². The van der Waals surface area contributed by atoms with Crippen LogP contribution >= 0.6 is 11.6 Å². The normalized spacial score (nSPS) is 21.4. The maximum absolute atomic E-state index is 12.0. The number of halogens is 1. The van der Waals surface area contributed by atoms with Gasteiger partial charge in [0.15, 0.2) is 0 Å². The lowest BCUT2D eigenvalue weighted by Crippen LogP contribution is -2.45. The molecule has 1 saturated carbocycles. The van der Waals surface area contributed by atoms with E-state index in [-0.39, 0.29) is 18.2 Å². The number of allylic oxidation sites excluding steroid dienone is 1. The van der Waals surface area contributed by atoms with E-state index in [1.807, 2.05) is 39.8 Å². The molecular weight excluding hydrogens is 444 g/mol. The molecule has 0 bridgehead atoms. The molecule has 2 aromatic rings. The van der Waals surface area contributed by atoms with Gasteiger partial charge in [-0.1, -0.05) is 54.3 Å². The molecule has 0 heterocycles. The molecule has 2 atom stereocenters. The van der Waals surface area contributed by atoms with Crippen LogP contribution in [-0.4, -0.2) is 24.8 Å². The molecule has 2 unspecified atom stereocenters. The fourth-order valence-electron chi connectivity index (χ4n) is 5.01. The molecule has 0 N–H and O–H groups in total. The summed E-state index contributed by atoms with van der Waals surface area (Å²) in [5.74, 6) is -0.0969. The Morgan fingerprint density at radius 2 is 1.85 bits per heavy atom. The highest BCUT2D eigenvalue weighted by atomic mass is 35.5. The molecule has 0 amide bonds. The van der Waals surface area contributed by atoms with Crippen molar-refractivity contribution in [3.05, 3.63) is 63.7 Å². The largest absolute Gasteiger partial charge is 0.465 e. The summed E-state index contributed by atoms with van der Waals surface area (Å²) in [4.78, 5) is 12.0. The van der Waals surface area contributed by atoms with Crippen LogP contribution in [0.2, 0.25) is 5.02 Å². The molecule has 34 heavy (non-hydrogen) atoms. The fourth-order valence-corrected chi connectivity index (χ4v) is 5.13. The zero-order chi connectivity index (χ0) is 24.9. The highest BCUT2D eigenvalue weighted by Gasteiger charge is 2.45. The van der Waals surface area contributed by atoms with Crippen molar-refractivity contribution in [1.82, 2.24) is 0 Å². The van der Waals surface area contributed by atoms with E-state index in [1.165, 1.54) is 33.4 Å². The first-order chi connectivity index (χ1) is 16.1. The van der Waals surface area contributed by atoms with Gasteiger partial charge in [0, 0.05) is 5.02 Å². The van der Waals surface area contributed by atoms with Crippen LogP contribution in [0.1, 0.15) is 77.0 Å². The molecule has 2 aliphatic rings. The minimum Gasteiger partial charge on any atom is -0.465 e. The summed E-state index contributed by atoms with van der Waals surface area (Å²) < 4.78 is 11.1. The van der Waals surface area contributed by atoms with Crippen LogP contribution in [0.4, 0.5) is 0 Å². The number of hydrogen-bond donors (Lipinski definition) is 0. The number of benzene rings is 2. The minimum atomic E-state index is -0.446. The number of esters is 1. The lowest BCUT2D eigenvalue weighted by molar-refractivity contribution is -0.171. The Labute approximate surface area is 210 Å². The highest BCUT2D eigenvalue weighted by Crippen LogP contribution is 2.39. The molecule has 1 fully saturated rings. The third kappa shape index (κ3) is 6.31. The molecule has 184 valence electrons. The first-order valence-electron chi connectivity index (χ1n) is 12.5. The topological polar surface area (TPSA) is 35.5 Å². The third-order valence-electron chi connectivity index (χ3n) is 6.81. The number of carbonyl (C=O) groups excluding carboxylic acids is 1. The van der Waals surface area contributed by atoms with Gasteiger partial charge in [-0.05, 0) is 107 Å². The Balaban J connectivity index is 0.000000192. The second-order valence-electron chi connectivity index (χ2n) is 10.1. The van der Waals surface area contributed by atoms with Crippen molar-refractivity contribution in [3.63, 3.8) is 0 Å². The second-order valence-corrected chi connectivity index (χ2v) is 10.5. The molecule has 0 aromatic heterocycles. The monoisotopic (exact) mass is 482 g/mol. The summed E-state index contributed by atoms with van der Waals surface area (Å²) in [6.07, 6.45) is 7.64. The summed E-state index contributed by atoms with van der Waals surface area (Å²) in [6, 6.07) is 12.7. The minimum absolute atomic E-state index is 0.0142. The SMILES string of the molecule is CC1=Cc2cc(-c3ccc(Cl)cc3)c(C)cc2C1.CCOC(=O)C1(C)CCCCC1OC(C)C. The smallest absolute Gasteiger partial charge is 0.314 e. The van der Waals surface area contributed by atoms with E-state index >= 15 is 0 Å². The number of rotatable bonds is 5. The number of ether oxygens (including phenoxy) is 2. The summed E-state index contributed by atoms with van der Waals surface area (Å²) in [6.45, 7) is 12.7.